The molecule has 1 saturated carbocycles. The van der Waals surface area contributed by atoms with E-state index in [2.05, 4.69) is 5.32 Å². The predicted octanol–water partition coefficient (Wildman–Crippen LogP) is 2.11. The quantitative estimate of drug-likeness (QED) is 0.826. The minimum atomic E-state index is -3.64. The number of ether oxygens (including phenoxy) is 1. The third-order valence-corrected chi connectivity index (χ3v) is 6.71. The molecule has 1 heterocycles. The first kappa shape index (κ1) is 17.9. The van der Waals surface area contributed by atoms with Crippen LogP contribution in [0, 0.1) is 12.8 Å². The molecule has 1 aliphatic carbocycles. The Morgan fingerprint density at radius 1 is 1.24 bits per heavy atom. The fourth-order valence-corrected chi connectivity index (χ4v) is 4.80. The molecule has 3 rings (SSSR count). The minimum Gasteiger partial charge on any atom is -0.449 e. The maximum Gasteiger partial charge on any atom is 0.306 e. The SMILES string of the molecule is Cc1ccc(S(=O)(=O)CNC(=O)[C@]23CCCC[C@@H]2CCC(=O)O3)cc1. The van der Waals surface area contributed by atoms with E-state index in [1.165, 1.54) is 12.1 Å². The molecular formula is C18H23NO5S. The average molecular weight is 365 g/mol. The van der Waals surface area contributed by atoms with E-state index in [9.17, 15) is 18.0 Å². The smallest absolute Gasteiger partial charge is 0.306 e. The normalized spacial score (nSPS) is 26.4. The van der Waals surface area contributed by atoms with Gasteiger partial charge in [0.1, 0.15) is 5.88 Å². The van der Waals surface area contributed by atoms with E-state index < -0.39 is 27.2 Å². The first-order valence-corrected chi connectivity index (χ1v) is 10.3. The second-order valence-electron chi connectivity index (χ2n) is 6.92. The molecule has 1 aromatic rings. The van der Waals surface area contributed by atoms with Crippen molar-refractivity contribution >= 4 is 21.7 Å². The fraction of sp³-hybridized carbons (Fsp3) is 0.556. The lowest BCUT2D eigenvalue weighted by Crippen LogP contribution is -2.58. The number of carbonyl (C=O) groups is 2. The zero-order valence-electron chi connectivity index (χ0n) is 14.3. The highest BCUT2D eigenvalue weighted by molar-refractivity contribution is 7.91. The van der Waals surface area contributed by atoms with E-state index >= 15 is 0 Å². The molecule has 0 bridgehead atoms. The van der Waals surface area contributed by atoms with Gasteiger partial charge in [0.15, 0.2) is 15.4 Å². The molecular weight excluding hydrogens is 342 g/mol. The third-order valence-electron chi connectivity index (χ3n) is 5.19. The molecule has 2 aliphatic rings. The van der Waals surface area contributed by atoms with Crippen LogP contribution in [0.15, 0.2) is 29.2 Å². The molecule has 1 N–H and O–H groups in total. The van der Waals surface area contributed by atoms with Crippen LogP contribution in [-0.2, 0) is 24.2 Å². The van der Waals surface area contributed by atoms with E-state index in [0.717, 1.165) is 24.8 Å². The Labute approximate surface area is 147 Å². The molecule has 2 atom stereocenters. The van der Waals surface area contributed by atoms with Gasteiger partial charge in [0.05, 0.1) is 4.90 Å². The van der Waals surface area contributed by atoms with Crippen LogP contribution < -0.4 is 5.32 Å². The van der Waals surface area contributed by atoms with E-state index in [1.807, 2.05) is 6.92 Å². The molecule has 7 heteroatoms. The van der Waals surface area contributed by atoms with Gasteiger partial charge in [-0.2, -0.15) is 0 Å². The van der Waals surface area contributed by atoms with Crippen molar-refractivity contribution in [3.8, 4) is 0 Å². The molecule has 1 aromatic carbocycles. The van der Waals surface area contributed by atoms with Crippen molar-refractivity contribution in [3.05, 3.63) is 29.8 Å². The molecule has 0 aromatic heterocycles. The van der Waals surface area contributed by atoms with Gasteiger partial charge in [-0.25, -0.2) is 8.42 Å². The van der Waals surface area contributed by atoms with Gasteiger partial charge in [-0.1, -0.05) is 24.1 Å². The van der Waals surface area contributed by atoms with Gasteiger partial charge in [-0.05, 0) is 44.7 Å². The van der Waals surface area contributed by atoms with Crippen LogP contribution in [0.2, 0.25) is 0 Å². The molecule has 2 fully saturated rings. The summed E-state index contributed by atoms with van der Waals surface area (Å²) < 4.78 is 30.3. The van der Waals surface area contributed by atoms with Gasteiger partial charge in [0.2, 0.25) is 0 Å². The number of nitrogens with one attached hydrogen (secondary N) is 1. The maximum absolute atomic E-state index is 12.8. The van der Waals surface area contributed by atoms with E-state index in [-0.39, 0.29) is 16.8 Å². The number of hydrogen-bond donors (Lipinski definition) is 1. The lowest BCUT2D eigenvalue weighted by atomic mass is 9.71. The van der Waals surface area contributed by atoms with Gasteiger partial charge >= 0.3 is 5.97 Å². The van der Waals surface area contributed by atoms with Gasteiger partial charge in [-0.15, -0.1) is 0 Å². The van der Waals surface area contributed by atoms with Crippen molar-refractivity contribution in [1.82, 2.24) is 5.32 Å². The number of esters is 1. The van der Waals surface area contributed by atoms with Gasteiger partial charge in [0, 0.05) is 12.3 Å². The van der Waals surface area contributed by atoms with Crippen LogP contribution in [-0.4, -0.2) is 31.8 Å². The number of fused-ring (bicyclic) bond motifs is 1. The fourth-order valence-electron chi connectivity index (χ4n) is 3.76. The number of rotatable bonds is 4. The van der Waals surface area contributed by atoms with Crippen molar-refractivity contribution in [3.63, 3.8) is 0 Å². The monoisotopic (exact) mass is 365 g/mol. The van der Waals surface area contributed by atoms with Crippen molar-refractivity contribution in [2.75, 3.05) is 5.88 Å². The molecule has 25 heavy (non-hydrogen) atoms. The molecule has 0 spiro atoms. The first-order valence-electron chi connectivity index (χ1n) is 8.63. The van der Waals surface area contributed by atoms with Crippen LogP contribution >= 0.6 is 0 Å². The molecule has 1 saturated heterocycles. The Morgan fingerprint density at radius 3 is 2.68 bits per heavy atom. The maximum atomic E-state index is 12.8. The summed E-state index contributed by atoms with van der Waals surface area (Å²) in [6.07, 6.45) is 4.02. The van der Waals surface area contributed by atoms with Crippen LogP contribution in [0.5, 0.6) is 0 Å². The number of hydrogen-bond acceptors (Lipinski definition) is 5. The van der Waals surface area contributed by atoms with E-state index in [0.29, 0.717) is 19.3 Å². The lowest BCUT2D eigenvalue weighted by molar-refractivity contribution is -0.188. The number of aryl methyl sites for hydroxylation is 1. The molecule has 6 nitrogen and oxygen atoms in total. The second-order valence-corrected chi connectivity index (χ2v) is 8.91. The summed E-state index contributed by atoms with van der Waals surface area (Å²) in [5.74, 6) is -1.39. The number of sulfone groups is 1. The van der Waals surface area contributed by atoms with Crippen molar-refractivity contribution in [2.24, 2.45) is 5.92 Å². The van der Waals surface area contributed by atoms with Gasteiger partial charge in [-0.3, -0.25) is 9.59 Å². The highest BCUT2D eigenvalue weighted by Gasteiger charge is 2.52. The predicted molar refractivity (Wildman–Crippen MR) is 91.4 cm³/mol. The summed E-state index contributed by atoms with van der Waals surface area (Å²) >= 11 is 0. The summed E-state index contributed by atoms with van der Waals surface area (Å²) in [4.78, 5) is 24.7. The summed E-state index contributed by atoms with van der Waals surface area (Å²) in [5.41, 5.74) is -0.239. The second kappa shape index (κ2) is 6.78. The zero-order chi connectivity index (χ0) is 18.1. The average Bonchev–Trinajstić information content (AvgIpc) is 2.59. The molecule has 136 valence electrons. The molecule has 0 radical (unpaired) electrons. The highest BCUT2D eigenvalue weighted by Crippen LogP contribution is 2.43. The summed E-state index contributed by atoms with van der Waals surface area (Å²) in [5, 5.41) is 2.51. The Bertz CT molecular complexity index is 771. The third kappa shape index (κ3) is 3.56. The minimum absolute atomic E-state index is 0.0268. The standard InChI is InChI=1S/C18H23NO5S/c1-13-5-8-15(9-6-13)25(22,23)12-19-17(21)18-11-3-2-4-14(18)7-10-16(20)24-18/h5-6,8-9,14H,2-4,7,10-12H2,1H3,(H,19,21)/t14-,18+/m1/s1. The van der Waals surface area contributed by atoms with Gasteiger partial charge in [0.25, 0.3) is 5.91 Å². The summed E-state index contributed by atoms with van der Waals surface area (Å²) in [7, 11) is -3.64. The number of benzene rings is 1. The van der Waals surface area contributed by atoms with Crippen LogP contribution in [0.25, 0.3) is 0 Å². The first-order chi connectivity index (χ1) is 11.8. The Morgan fingerprint density at radius 2 is 1.96 bits per heavy atom. The van der Waals surface area contributed by atoms with Crippen LogP contribution in [0.3, 0.4) is 0 Å². The molecule has 1 amide bonds. The van der Waals surface area contributed by atoms with Crippen molar-refractivity contribution < 1.29 is 22.7 Å². The largest absolute Gasteiger partial charge is 0.449 e. The summed E-state index contributed by atoms with van der Waals surface area (Å²) in [6.45, 7) is 1.87. The van der Waals surface area contributed by atoms with E-state index in [1.54, 1.807) is 12.1 Å². The molecule has 0 unspecified atom stereocenters. The van der Waals surface area contributed by atoms with E-state index in [4.69, 9.17) is 4.74 Å². The Balaban J connectivity index is 1.74. The van der Waals surface area contributed by atoms with Crippen molar-refractivity contribution in [1.29, 1.82) is 0 Å². The highest BCUT2D eigenvalue weighted by atomic mass is 32.2. The van der Waals surface area contributed by atoms with Gasteiger partial charge < -0.3 is 10.1 Å². The number of amides is 1. The summed E-state index contributed by atoms with van der Waals surface area (Å²) in [6, 6.07) is 6.49. The zero-order valence-corrected chi connectivity index (χ0v) is 15.1. The van der Waals surface area contributed by atoms with Crippen molar-refractivity contribution in [2.45, 2.75) is 55.9 Å². The van der Waals surface area contributed by atoms with Crippen LogP contribution in [0.4, 0.5) is 0 Å². The van der Waals surface area contributed by atoms with Crippen LogP contribution in [0.1, 0.15) is 44.1 Å². The lowest BCUT2D eigenvalue weighted by Gasteiger charge is -2.44. The Hall–Kier alpha value is -1.89. The number of carbonyl (C=O) groups excluding carboxylic acids is 2. The molecule has 1 aliphatic heterocycles. The Kier molecular flexibility index (Phi) is 4.86. The topological polar surface area (TPSA) is 89.5 Å².